The number of methoxy groups -OCH3 is 1. The van der Waals surface area contributed by atoms with Gasteiger partial charge in [-0.15, -0.1) is 0 Å². The summed E-state index contributed by atoms with van der Waals surface area (Å²) in [5.74, 6) is -5.59. The average Bonchev–Trinajstić information content (AvgIpc) is 3.67. The van der Waals surface area contributed by atoms with Gasteiger partial charge < -0.3 is 14.8 Å². The van der Waals surface area contributed by atoms with Gasteiger partial charge in [-0.05, 0) is 42.5 Å². The van der Waals surface area contributed by atoms with Crippen molar-refractivity contribution in [2.45, 2.75) is 48.2 Å². The van der Waals surface area contributed by atoms with Gasteiger partial charge in [-0.2, -0.15) is 0 Å². The third kappa shape index (κ3) is 5.45. The molecule has 4 heterocycles. The Morgan fingerprint density at radius 1 is 1.18 bits per heavy atom. The Bertz CT molecular complexity index is 2020. The first-order valence-corrected chi connectivity index (χ1v) is 14.6. The molecule has 1 fully saturated rings. The summed E-state index contributed by atoms with van der Waals surface area (Å²) in [4.78, 5) is 25.3. The number of hydrogen-bond acceptors (Lipinski definition) is 8. The molecule has 4 aromatic rings. The molecule has 0 bridgehead atoms. The van der Waals surface area contributed by atoms with Gasteiger partial charge in [0.25, 0.3) is 18.3 Å². The largest absolute Gasteiger partial charge is 0.495 e. The fraction of sp³-hybridized carbons (Fsp3) is 0.310. The van der Waals surface area contributed by atoms with E-state index < -0.39 is 87.8 Å². The Labute approximate surface area is 251 Å². The van der Waals surface area contributed by atoms with Crippen LogP contribution in [0, 0.1) is 0 Å². The number of pyridine rings is 3. The zero-order valence-electron chi connectivity index (χ0n) is 25.4. The summed E-state index contributed by atoms with van der Waals surface area (Å²) in [7, 11) is -7.59. The second-order valence-electron chi connectivity index (χ2n) is 10.3. The normalized spacial score (nSPS) is 21.5. The minimum atomic E-state index is -4.71. The maximum Gasteiger partial charge on any atom is 0.264 e. The number of fused-ring (bicyclic) bond motifs is 2. The van der Waals surface area contributed by atoms with Crippen molar-refractivity contribution in [1.82, 2.24) is 20.3 Å². The molecule has 1 amide bonds. The van der Waals surface area contributed by atoms with Crippen LogP contribution in [0.1, 0.15) is 55.7 Å². The predicted molar refractivity (Wildman–Crippen MR) is 146 cm³/mol. The number of benzene rings is 1. The van der Waals surface area contributed by atoms with E-state index >= 15 is 0 Å². The first kappa shape index (κ1) is 26.2. The number of nitrogens with zero attached hydrogens (tertiary/aromatic N) is 3. The van der Waals surface area contributed by atoms with Crippen LogP contribution >= 0.6 is 0 Å². The summed E-state index contributed by atoms with van der Waals surface area (Å²) in [5.41, 5.74) is -3.29. The molecule has 230 valence electrons. The number of alkyl halides is 5. The highest BCUT2D eigenvalue weighted by molar-refractivity contribution is 7.92. The van der Waals surface area contributed by atoms with Crippen molar-refractivity contribution in [2.75, 3.05) is 13.6 Å². The number of carbonyl (C=O) groups is 1. The summed E-state index contributed by atoms with van der Waals surface area (Å²) in [6.45, 7) is -1.66. The molecule has 0 saturated heterocycles. The zero-order chi connectivity index (χ0) is 33.9. The number of amides is 1. The highest BCUT2D eigenvalue weighted by atomic mass is 32.2. The molecule has 2 aliphatic rings. The van der Waals surface area contributed by atoms with Gasteiger partial charge in [0, 0.05) is 34.7 Å². The molecule has 1 aromatic carbocycles. The van der Waals surface area contributed by atoms with Crippen molar-refractivity contribution in [3.63, 3.8) is 0 Å². The van der Waals surface area contributed by atoms with Gasteiger partial charge in [-0.1, -0.05) is 0 Å². The van der Waals surface area contributed by atoms with E-state index in [1.165, 1.54) is 24.4 Å². The lowest BCUT2D eigenvalue weighted by atomic mass is 10.0. The van der Waals surface area contributed by atoms with E-state index in [9.17, 15) is 35.2 Å². The fourth-order valence-electron chi connectivity index (χ4n) is 4.90. The molecular formula is C29H23F5N4O5S. The zero-order valence-corrected chi connectivity index (χ0v) is 23.2. The minimum Gasteiger partial charge on any atom is -0.495 e. The van der Waals surface area contributed by atoms with Crippen LogP contribution in [-0.4, -0.2) is 54.3 Å². The Kier molecular flexibility index (Phi) is 6.57. The Morgan fingerprint density at radius 2 is 1.93 bits per heavy atom. The first-order chi connectivity index (χ1) is 22.0. The van der Waals surface area contributed by atoms with Crippen LogP contribution < -0.4 is 10.1 Å². The molecule has 0 spiro atoms. The van der Waals surface area contributed by atoms with Crippen molar-refractivity contribution in [2.24, 2.45) is 0 Å². The third-order valence-electron chi connectivity index (χ3n) is 7.35. The van der Waals surface area contributed by atoms with Crippen LogP contribution in [0.3, 0.4) is 0 Å². The first-order valence-electron chi connectivity index (χ1n) is 14.6. The van der Waals surface area contributed by atoms with Gasteiger partial charge in [0.15, 0.2) is 0 Å². The number of hydrogen-bond donors (Lipinski definition) is 1. The van der Waals surface area contributed by atoms with E-state index in [-0.39, 0.29) is 35.1 Å². The summed E-state index contributed by atoms with van der Waals surface area (Å²) in [5, 5.41) is 3.03. The Balaban J connectivity index is 1.26. The average molecular weight is 638 g/mol. The maximum absolute atomic E-state index is 14.3. The van der Waals surface area contributed by atoms with E-state index in [1.54, 1.807) is 12.1 Å². The maximum atomic E-state index is 14.3. The van der Waals surface area contributed by atoms with Gasteiger partial charge in [-0.3, -0.25) is 9.78 Å². The fourth-order valence-corrected chi connectivity index (χ4v) is 6.27. The van der Waals surface area contributed by atoms with Crippen LogP contribution in [0.4, 0.5) is 22.0 Å². The highest BCUT2D eigenvalue weighted by Gasteiger charge is 2.59. The molecule has 1 N–H and O–H groups in total. The third-order valence-corrected chi connectivity index (χ3v) is 9.14. The molecular weight excluding hydrogens is 611 g/mol. The smallest absolute Gasteiger partial charge is 0.264 e. The number of sulfone groups is 1. The number of carbonyl (C=O) groups excluding carboxylic acids is 1. The van der Waals surface area contributed by atoms with Crippen LogP contribution in [0.2, 0.25) is 0 Å². The van der Waals surface area contributed by atoms with Crippen LogP contribution in [0.25, 0.3) is 22.3 Å². The molecule has 1 aliphatic carbocycles. The van der Waals surface area contributed by atoms with Gasteiger partial charge in [0.05, 0.1) is 70.0 Å². The van der Waals surface area contributed by atoms with Crippen LogP contribution in [-0.2, 0) is 27.7 Å². The number of nitrogens with one attached hydrogen (secondary N) is 1. The molecule has 6 rings (SSSR count). The van der Waals surface area contributed by atoms with E-state index in [2.05, 4.69) is 20.3 Å². The lowest BCUT2D eigenvalue weighted by Crippen LogP contribution is -2.25. The number of aromatic nitrogens is 3. The van der Waals surface area contributed by atoms with Crippen molar-refractivity contribution < 1.29 is 48.8 Å². The second kappa shape index (κ2) is 11.0. The van der Waals surface area contributed by atoms with Crippen molar-refractivity contribution in [3.8, 4) is 17.1 Å². The molecule has 9 nitrogen and oxygen atoms in total. The van der Waals surface area contributed by atoms with Gasteiger partial charge >= 0.3 is 0 Å². The quantitative estimate of drug-likeness (QED) is 0.272. The minimum absolute atomic E-state index is 0.170. The topological polar surface area (TPSA) is 120 Å². The molecule has 0 unspecified atom stereocenters. The van der Waals surface area contributed by atoms with Crippen molar-refractivity contribution >= 4 is 26.6 Å². The number of halogens is 5. The monoisotopic (exact) mass is 637 g/mol. The molecule has 2 atom stereocenters. The molecule has 15 heteroatoms. The SMILES string of the molecule is [2H]C([2H])([2H])Oc1ccc(-c2ccc3cnc(CNC(=O)c4cc(C(F)F)c5c(c4)S(=O)(=O)[C@@H](F)COC5)cc3n2)nc1[C@H]1CC1(F)F. The molecule has 1 aliphatic heterocycles. The lowest BCUT2D eigenvalue weighted by molar-refractivity contribution is 0.0914. The van der Waals surface area contributed by atoms with Crippen molar-refractivity contribution in [1.29, 1.82) is 0 Å². The summed E-state index contributed by atoms with van der Waals surface area (Å²) in [6.07, 6.45) is -2.25. The summed E-state index contributed by atoms with van der Waals surface area (Å²) in [6, 6.07) is 8.98. The molecule has 1 saturated carbocycles. The summed E-state index contributed by atoms with van der Waals surface area (Å²) >= 11 is 0. The van der Waals surface area contributed by atoms with Crippen LogP contribution in [0.5, 0.6) is 5.75 Å². The number of ether oxygens (including phenoxy) is 2. The van der Waals surface area contributed by atoms with E-state index in [0.717, 1.165) is 12.1 Å². The second-order valence-corrected chi connectivity index (χ2v) is 12.3. The Morgan fingerprint density at radius 3 is 2.66 bits per heavy atom. The summed E-state index contributed by atoms with van der Waals surface area (Å²) < 4.78 is 127. The predicted octanol–water partition coefficient (Wildman–Crippen LogP) is 5.29. The highest BCUT2D eigenvalue weighted by Crippen LogP contribution is 2.57. The van der Waals surface area contributed by atoms with Crippen LogP contribution in [0.15, 0.2) is 53.6 Å². The van der Waals surface area contributed by atoms with Gasteiger partial charge in [-0.25, -0.2) is 40.3 Å². The van der Waals surface area contributed by atoms with E-state index in [0.29, 0.717) is 10.9 Å². The van der Waals surface area contributed by atoms with Gasteiger partial charge in [0.2, 0.25) is 15.3 Å². The molecule has 0 radical (unpaired) electrons. The number of rotatable bonds is 7. The lowest BCUT2D eigenvalue weighted by Gasteiger charge is -2.15. The van der Waals surface area contributed by atoms with E-state index in [4.69, 9.17) is 13.6 Å². The molecule has 44 heavy (non-hydrogen) atoms. The van der Waals surface area contributed by atoms with Crippen molar-refractivity contribution in [3.05, 3.63) is 76.7 Å². The standard InChI is InChI=1S/C29H23F5N4O5S/c1-42-23-5-4-21(38-26(23)19-9-29(19,33)34)20-3-2-14-10-35-16(8-22(14)37-20)11-36-28(39)15-6-17(27(31)32)18-12-43-13-25(30)44(40,41)24(18)7-15/h2-8,10,19,25,27H,9,11-13H2,1H3,(H,36,39)/t19-,25-/m1/s1/i1D3. The van der Waals surface area contributed by atoms with Gasteiger partial charge in [0.1, 0.15) is 5.75 Å². The van der Waals surface area contributed by atoms with E-state index in [1.807, 2.05) is 0 Å². The Hall–Kier alpha value is -4.24. The molecule has 3 aromatic heterocycles.